The maximum atomic E-state index is 5.27. The molecule has 0 atom stereocenters. The van der Waals surface area contributed by atoms with Gasteiger partial charge in [0.25, 0.3) is 0 Å². The molecule has 51 heavy (non-hydrogen) atoms. The highest BCUT2D eigenvalue weighted by Crippen LogP contribution is 2.63. The maximum absolute atomic E-state index is 5.27. The van der Waals surface area contributed by atoms with Crippen LogP contribution in [0.15, 0.2) is 188 Å². The molecule has 0 fully saturated rings. The van der Waals surface area contributed by atoms with Crippen molar-refractivity contribution >= 4 is 21.5 Å². The van der Waals surface area contributed by atoms with Crippen LogP contribution in [-0.2, 0) is 5.41 Å². The lowest BCUT2D eigenvalue weighted by molar-refractivity contribution is 0.794. The van der Waals surface area contributed by atoms with Gasteiger partial charge in [-0.25, -0.2) is 0 Å². The predicted octanol–water partition coefficient (Wildman–Crippen LogP) is 12.7. The first-order valence-electron chi connectivity index (χ1n) is 17.7. The average molecular weight is 646 g/mol. The number of hydrogen-bond donors (Lipinski definition) is 0. The molecule has 1 aromatic heterocycles. The van der Waals surface area contributed by atoms with E-state index in [4.69, 9.17) is 4.98 Å². The molecule has 0 amide bonds. The van der Waals surface area contributed by atoms with Crippen LogP contribution in [0.2, 0.25) is 0 Å². The number of aromatic nitrogens is 1. The molecule has 0 saturated carbocycles. The van der Waals surface area contributed by atoms with Crippen LogP contribution in [0.4, 0.5) is 0 Å². The zero-order valence-corrected chi connectivity index (χ0v) is 27.8. The number of hydrogen-bond acceptors (Lipinski definition) is 1. The van der Waals surface area contributed by atoms with Crippen molar-refractivity contribution in [3.05, 3.63) is 210 Å². The van der Waals surface area contributed by atoms with Crippen LogP contribution in [0.25, 0.3) is 77.3 Å². The summed E-state index contributed by atoms with van der Waals surface area (Å²) < 4.78 is 0. The van der Waals surface area contributed by atoms with Crippen LogP contribution in [0.5, 0.6) is 0 Å². The summed E-state index contributed by atoms with van der Waals surface area (Å²) >= 11 is 0. The van der Waals surface area contributed by atoms with Gasteiger partial charge in [0.05, 0.1) is 11.1 Å². The van der Waals surface area contributed by atoms with Gasteiger partial charge in [-0.05, 0) is 88.8 Å². The predicted molar refractivity (Wildman–Crippen MR) is 212 cm³/mol. The van der Waals surface area contributed by atoms with Gasteiger partial charge in [0.2, 0.25) is 0 Å². The molecular formula is C50H31N. The number of pyridine rings is 1. The Morgan fingerprint density at radius 3 is 1.31 bits per heavy atom. The van der Waals surface area contributed by atoms with Crippen LogP contribution in [0, 0.1) is 0 Å². The van der Waals surface area contributed by atoms with Crippen molar-refractivity contribution in [1.29, 1.82) is 0 Å². The van der Waals surface area contributed by atoms with Crippen LogP contribution < -0.4 is 0 Å². The van der Waals surface area contributed by atoms with Crippen molar-refractivity contribution in [3.63, 3.8) is 0 Å². The molecule has 11 rings (SSSR count). The van der Waals surface area contributed by atoms with E-state index in [1.54, 1.807) is 0 Å². The SMILES string of the molecule is c1ccc(-c2c3ccccc3c(-c3ccc(-c4cccc5c4-c4ccccc4C54c5ccccc5-c5ccccc54)nc3)c3ccccc23)cc1. The third-order valence-electron chi connectivity index (χ3n) is 11.3. The monoisotopic (exact) mass is 645 g/mol. The van der Waals surface area contributed by atoms with Gasteiger partial charge in [0.15, 0.2) is 0 Å². The molecule has 0 bridgehead atoms. The lowest BCUT2D eigenvalue weighted by Crippen LogP contribution is -2.25. The molecule has 1 nitrogen and oxygen atoms in total. The third kappa shape index (κ3) is 3.78. The zero-order valence-electron chi connectivity index (χ0n) is 27.8. The van der Waals surface area contributed by atoms with Crippen molar-refractivity contribution in [2.45, 2.75) is 5.41 Å². The lowest BCUT2D eigenvalue weighted by Gasteiger charge is -2.30. The molecule has 236 valence electrons. The lowest BCUT2D eigenvalue weighted by atomic mass is 9.70. The minimum atomic E-state index is -0.368. The fourth-order valence-electron chi connectivity index (χ4n) is 9.41. The van der Waals surface area contributed by atoms with Gasteiger partial charge in [-0.15, -0.1) is 0 Å². The van der Waals surface area contributed by atoms with E-state index in [1.807, 2.05) is 0 Å². The zero-order chi connectivity index (χ0) is 33.5. The first-order valence-corrected chi connectivity index (χ1v) is 17.7. The van der Waals surface area contributed by atoms with Crippen molar-refractivity contribution in [2.24, 2.45) is 0 Å². The molecule has 1 heteroatoms. The first-order chi connectivity index (χ1) is 25.3. The second-order valence-electron chi connectivity index (χ2n) is 13.8. The highest BCUT2D eigenvalue weighted by atomic mass is 14.7. The molecule has 1 heterocycles. The van der Waals surface area contributed by atoms with Crippen molar-refractivity contribution in [3.8, 4) is 55.8 Å². The van der Waals surface area contributed by atoms with Crippen LogP contribution in [0.1, 0.15) is 22.3 Å². The Balaban J connectivity index is 1.12. The number of fused-ring (bicyclic) bond motifs is 12. The van der Waals surface area contributed by atoms with E-state index in [1.165, 1.54) is 88.3 Å². The third-order valence-corrected chi connectivity index (χ3v) is 11.3. The number of nitrogens with zero attached hydrogens (tertiary/aromatic N) is 1. The van der Waals surface area contributed by atoms with Gasteiger partial charge in [0, 0.05) is 17.3 Å². The Morgan fingerprint density at radius 1 is 0.294 bits per heavy atom. The van der Waals surface area contributed by atoms with Gasteiger partial charge >= 0.3 is 0 Å². The molecule has 0 saturated heterocycles. The van der Waals surface area contributed by atoms with Gasteiger partial charge in [-0.3, -0.25) is 4.98 Å². The van der Waals surface area contributed by atoms with Gasteiger partial charge in [-0.1, -0.05) is 176 Å². The summed E-state index contributed by atoms with van der Waals surface area (Å²) in [5.41, 5.74) is 17.2. The summed E-state index contributed by atoms with van der Waals surface area (Å²) in [6.07, 6.45) is 2.09. The fourth-order valence-corrected chi connectivity index (χ4v) is 9.41. The minimum Gasteiger partial charge on any atom is -0.256 e. The van der Waals surface area contributed by atoms with E-state index in [0.29, 0.717) is 0 Å². The molecule has 8 aromatic carbocycles. The van der Waals surface area contributed by atoms with Crippen LogP contribution in [0.3, 0.4) is 0 Å². The summed E-state index contributed by atoms with van der Waals surface area (Å²) in [6.45, 7) is 0. The normalized spacial score (nSPS) is 13.3. The summed E-state index contributed by atoms with van der Waals surface area (Å²) in [4.78, 5) is 5.27. The Morgan fingerprint density at radius 2 is 0.745 bits per heavy atom. The quantitative estimate of drug-likeness (QED) is 0.174. The molecule has 2 aliphatic rings. The molecular weight excluding hydrogens is 615 g/mol. The second-order valence-corrected chi connectivity index (χ2v) is 13.8. The molecule has 0 N–H and O–H groups in total. The molecule has 1 spiro atoms. The molecule has 9 aromatic rings. The van der Waals surface area contributed by atoms with E-state index in [9.17, 15) is 0 Å². The summed E-state index contributed by atoms with van der Waals surface area (Å²) in [5, 5.41) is 4.97. The first kappa shape index (κ1) is 28.3. The number of benzene rings is 8. The fraction of sp³-hybridized carbons (Fsp3) is 0.0200. The Kier molecular flexibility index (Phi) is 5.94. The Bertz CT molecular complexity index is 2740. The number of rotatable bonds is 3. The van der Waals surface area contributed by atoms with Crippen molar-refractivity contribution in [2.75, 3.05) is 0 Å². The van der Waals surface area contributed by atoms with E-state index in [2.05, 4.69) is 188 Å². The average Bonchev–Trinajstić information content (AvgIpc) is 3.68. The van der Waals surface area contributed by atoms with Gasteiger partial charge in [-0.2, -0.15) is 0 Å². The minimum absolute atomic E-state index is 0.368. The standard InChI is InChI=1S/C50H31N/c1-2-15-32(16-3-1)47-36-19-4-6-21-38(36)48(39-22-7-5-20-37(39)47)33-29-30-46(51-31-33)41-24-14-28-45-49(41)40-23-10-13-27-44(40)50(45)42-25-11-8-17-34(42)35-18-9-12-26-43(35)50/h1-31H. The smallest absolute Gasteiger partial charge is 0.0725 e. The summed E-state index contributed by atoms with van der Waals surface area (Å²) in [5.74, 6) is 0. The molecule has 2 aliphatic carbocycles. The highest BCUT2D eigenvalue weighted by Gasteiger charge is 2.51. The van der Waals surface area contributed by atoms with Crippen LogP contribution in [-0.4, -0.2) is 4.98 Å². The van der Waals surface area contributed by atoms with Gasteiger partial charge < -0.3 is 0 Å². The van der Waals surface area contributed by atoms with E-state index < -0.39 is 0 Å². The van der Waals surface area contributed by atoms with Crippen molar-refractivity contribution < 1.29 is 0 Å². The maximum Gasteiger partial charge on any atom is 0.0725 e. The summed E-state index contributed by atoms with van der Waals surface area (Å²) in [6, 6.07) is 66.7. The van der Waals surface area contributed by atoms with Gasteiger partial charge in [0.1, 0.15) is 0 Å². The highest BCUT2D eigenvalue weighted by molar-refractivity contribution is 6.21. The van der Waals surface area contributed by atoms with Crippen molar-refractivity contribution in [1.82, 2.24) is 4.98 Å². The Hall–Kier alpha value is -6.57. The van der Waals surface area contributed by atoms with Crippen LogP contribution >= 0.6 is 0 Å². The Labute approximate surface area is 297 Å². The van der Waals surface area contributed by atoms with E-state index in [-0.39, 0.29) is 5.41 Å². The molecule has 0 radical (unpaired) electrons. The largest absolute Gasteiger partial charge is 0.256 e. The van der Waals surface area contributed by atoms with E-state index >= 15 is 0 Å². The molecule has 0 unspecified atom stereocenters. The second kappa shape index (κ2) is 10.7. The molecule has 0 aliphatic heterocycles. The topological polar surface area (TPSA) is 12.9 Å². The van der Waals surface area contributed by atoms with E-state index in [0.717, 1.165) is 11.3 Å². The summed E-state index contributed by atoms with van der Waals surface area (Å²) in [7, 11) is 0.